The van der Waals surface area contributed by atoms with E-state index in [4.69, 9.17) is 0 Å². The molecule has 0 spiro atoms. The Morgan fingerprint density at radius 1 is 0.783 bits per heavy atom. The van der Waals surface area contributed by atoms with Crippen molar-refractivity contribution in [3.63, 3.8) is 0 Å². The molecule has 0 aliphatic rings. The van der Waals surface area contributed by atoms with Gasteiger partial charge >= 0.3 is 0 Å². The first-order valence-corrected chi connectivity index (χ1v) is 9.69. The quantitative estimate of drug-likeness (QED) is 0.363. The van der Waals surface area contributed by atoms with Crippen molar-refractivity contribution in [2.24, 2.45) is 13.0 Å². The molecule has 3 heteroatoms. The summed E-state index contributed by atoms with van der Waals surface area (Å²) in [6, 6.07) is 0. The molecule has 0 aromatic carbocycles. The zero-order valence-corrected chi connectivity index (χ0v) is 16.5. The molecule has 0 atom stereocenters. The van der Waals surface area contributed by atoms with Crippen LogP contribution in [0.5, 0.6) is 0 Å². The molecular formula is C20H39ClN2. The monoisotopic (exact) mass is 342 g/mol. The lowest BCUT2D eigenvalue weighted by Gasteiger charge is -2.04. The van der Waals surface area contributed by atoms with E-state index in [0.717, 1.165) is 5.92 Å². The van der Waals surface area contributed by atoms with Gasteiger partial charge in [-0.25, -0.2) is 9.13 Å². The van der Waals surface area contributed by atoms with Gasteiger partial charge in [0.2, 0.25) is 6.33 Å². The second-order valence-electron chi connectivity index (χ2n) is 7.39. The van der Waals surface area contributed by atoms with Crippen LogP contribution in [0.15, 0.2) is 18.7 Å². The molecule has 0 aliphatic carbocycles. The van der Waals surface area contributed by atoms with E-state index in [0.29, 0.717) is 0 Å². The highest BCUT2D eigenvalue weighted by atomic mass is 35.5. The minimum Gasteiger partial charge on any atom is -1.00 e. The summed E-state index contributed by atoms with van der Waals surface area (Å²) in [5, 5.41) is 0. The summed E-state index contributed by atoms with van der Waals surface area (Å²) >= 11 is 0. The van der Waals surface area contributed by atoms with Crippen LogP contribution in [0.3, 0.4) is 0 Å². The largest absolute Gasteiger partial charge is 1.00 e. The van der Waals surface area contributed by atoms with E-state index in [9.17, 15) is 0 Å². The van der Waals surface area contributed by atoms with Gasteiger partial charge < -0.3 is 12.4 Å². The number of rotatable bonds is 14. The fourth-order valence-corrected chi connectivity index (χ4v) is 3.07. The first kappa shape index (κ1) is 22.5. The van der Waals surface area contributed by atoms with Gasteiger partial charge in [0.05, 0.1) is 13.6 Å². The Bertz CT molecular complexity index is 360. The van der Waals surface area contributed by atoms with E-state index in [1.807, 2.05) is 0 Å². The van der Waals surface area contributed by atoms with Gasteiger partial charge in [0.25, 0.3) is 0 Å². The molecule has 0 saturated carbocycles. The van der Waals surface area contributed by atoms with E-state index in [1.165, 1.54) is 83.6 Å². The molecule has 0 bridgehead atoms. The Balaban J connectivity index is 0.00000484. The van der Waals surface area contributed by atoms with Gasteiger partial charge in [-0.3, -0.25) is 0 Å². The first-order chi connectivity index (χ1) is 10.7. The summed E-state index contributed by atoms with van der Waals surface area (Å²) in [6.07, 6.45) is 23.6. The highest BCUT2D eigenvalue weighted by Gasteiger charge is 1.99. The summed E-state index contributed by atoms with van der Waals surface area (Å²) in [5.74, 6) is 0.889. The van der Waals surface area contributed by atoms with Crippen LogP contribution >= 0.6 is 0 Å². The highest BCUT2D eigenvalue weighted by molar-refractivity contribution is 4.65. The second-order valence-corrected chi connectivity index (χ2v) is 7.39. The Morgan fingerprint density at radius 2 is 1.26 bits per heavy atom. The number of aromatic nitrogens is 2. The Labute approximate surface area is 151 Å². The van der Waals surface area contributed by atoms with Crippen molar-refractivity contribution in [3.05, 3.63) is 18.7 Å². The molecule has 23 heavy (non-hydrogen) atoms. The Hall–Kier alpha value is -0.500. The van der Waals surface area contributed by atoms with Gasteiger partial charge in [-0.1, -0.05) is 78.1 Å². The standard InChI is InChI=1S/C20H39N2.ClH/c1-20(2)15-13-11-9-7-5-4-6-8-10-12-14-16-22-18-17-21(3)19-22;/h17-20H,4-16H2,1-3H3;1H/q+1;/p-1. The lowest BCUT2D eigenvalue weighted by Crippen LogP contribution is -3.00. The zero-order valence-electron chi connectivity index (χ0n) is 15.8. The van der Waals surface area contributed by atoms with Crippen molar-refractivity contribution in [1.82, 2.24) is 4.57 Å². The molecule has 1 rings (SSSR count). The SMILES string of the molecule is CC(C)CCCCCCCCCCCCCn1cc[n+](C)c1.[Cl-]. The summed E-state index contributed by atoms with van der Waals surface area (Å²) in [5.41, 5.74) is 0. The molecule has 1 heterocycles. The van der Waals surface area contributed by atoms with Crippen molar-refractivity contribution in [2.75, 3.05) is 0 Å². The lowest BCUT2D eigenvalue weighted by molar-refractivity contribution is -0.671. The van der Waals surface area contributed by atoms with E-state index < -0.39 is 0 Å². The third-order valence-electron chi connectivity index (χ3n) is 4.52. The van der Waals surface area contributed by atoms with Crippen LogP contribution in [-0.4, -0.2) is 4.57 Å². The number of nitrogens with zero attached hydrogens (tertiary/aromatic N) is 2. The zero-order chi connectivity index (χ0) is 16.0. The van der Waals surface area contributed by atoms with Gasteiger partial charge in [0.1, 0.15) is 12.4 Å². The molecule has 2 nitrogen and oxygen atoms in total. The van der Waals surface area contributed by atoms with E-state index in [-0.39, 0.29) is 12.4 Å². The van der Waals surface area contributed by atoms with Crippen molar-refractivity contribution >= 4 is 0 Å². The summed E-state index contributed by atoms with van der Waals surface area (Å²) < 4.78 is 4.40. The van der Waals surface area contributed by atoms with Gasteiger partial charge in [-0.15, -0.1) is 0 Å². The third kappa shape index (κ3) is 13.6. The number of hydrogen-bond acceptors (Lipinski definition) is 0. The lowest BCUT2D eigenvalue weighted by atomic mass is 10.0. The van der Waals surface area contributed by atoms with Gasteiger partial charge in [0, 0.05) is 0 Å². The van der Waals surface area contributed by atoms with Crippen LogP contribution < -0.4 is 17.0 Å². The van der Waals surface area contributed by atoms with Gasteiger partial charge in [-0.05, 0) is 18.8 Å². The predicted molar refractivity (Wildman–Crippen MR) is 95.9 cm³/mol. The topological polar surface area (TPSA) is 8.81 Å². The molecule has 0 radical (unpaired) electrons. The summed E-state index contributed by atoms with van der Waals surface area (Å²) in [4.78, 5) is 0. The minimum atomic E-state index is 0. The van der Waals surface area contributed by atoms with E-state index in [2.05, 4.69) is 48.8 Å². The maximum atomic E-state index is 2.33. The molecule has 1 aromatic rings. The molecular weight excluding hydrogens is 304 g/mol. The first-order valence-electron chi connectivity index (χ1n) is 9.69. The molecule has 0 unspecified atom stereocenters. The van der Waals surface area contributed by atoms with E-state index in [1.54, 1.807) is 0 Å². The van der Waals surface area contributed by atoms with Crippen molar-refractivity contribution in [3.8, 4) is 0 Å². The minimum absolute atomic E-state index is 0. The normalized spacial score (nSPS) is 11.0. The summed E-state index contributed by atoms with van der Waals surface area (Å²) in [6.45, 7) is 5.84. The molecule has 136 valence electrons. The van der Waals surface area contributed by atoms with Crippen molar-refractivity contribution in [1.29, 1.82) is 0 Å². The third-order valence-corrected chi connectivity index (χ3v) is 4.52. The summed E-state index contributed by atoms with van der Waals surface area (Å²) in [7, 11) is 2.08. The van der Waals surface area contributed by atoms with Gasteiger partial charge in [-0.2, -0.15) is 0 Å². The van der Waals surface area contributed by atoms with Crippen LogP contribution in [0.1, 0.15) is 90.9 Å². The number of hydrogen-bond donors (Lipinski definition) is 0. The molecule has 0 saturated heterocycles. The maximum absolute atomic E-state index is 2.33. The molecule has 0 N–H and O–H groups in total. The maximum Gasteiger partial charge on any atom is 0.243 e. The smallest absolute Gasteiger partial charge is 0.243 e. The fourth-order valence-electron chi connectivity index (χ4n) is 3.07. The Morgan fingerprint density at radius 3 is 1.70 bits per heavy atom. The molecule has 0 aliphatic heterocycles. The van der Waals surface area contributed by atoms with Crippen molar-refractivity contribution < 1.29 is 17.0 Å². The van der Waals surface area contributed by atoms with Gasteiger partial charge in [0.15, 0.2) is 0 Å². The molecule has 0 amide bonds. The van der Waals surface area contributed by atoms with Crippen LogP contribution in [-0.2, 0) is 13.6 Å². The number of aryl methyl sites for hydroxylation is 2. The fraction of sp³-hybridized carbons (Fsp3) is 0.850. The van der Waals surface area contributed by atoms with Crippen molar-refractivity contribution in [2.45, 2.75) is 97.4 Å². The van der Waals surface area contributed by atoms with Crippen LogP contribution in [0, 0.1) is 5.92 Å². The highest BCUT2D eigenvalue weighted by Crippen LogP contribution is 2.13. The van der Waals surface area contributed by atoms with Crippen LogP contribution in [0.25, 0.3) is 0 Å². The second kappa shape index (κ2) is 15.1. The average Bonchev–Trinajstić information content (AvgIpc) is 2.89. The Kier molecular flexibility index (Phi) is 14.7. The predicted octanol–water partition coefficient (Wildman–Crippen LogP) is 2.65. The number of unbranched alkanes of at least 4 members (excludes halogenated alkanes) is 10. The van der Waals surface area contributed by atoms with E-state index >= 15 is 0 Å². The number of imidazole rings is 1. The number of halogens is 1. The van der Waals surface area contributed by atoms with Crippen LogP contribution in [0.4, 0.5) is 0 Å². The average molecular weight is 343 g/mol. The molecule has 0 fully saturated rings. The van der Waals surface area contributed by atoms with Crippen LogP contribution in [0.2, 0.25) is 0 Å². The molecule has 1 aromatic heterocycles.